The number of esters is 1. The Morgan fingerprint density at radius 2 is 1.89 bits per heavy atom. The summed E-state index contributed by atoms with van der Waals surface area (Å²) in [4.78, 5) is 32.1. The van der Waals surface area contributed by atoms with E-state index in [2.05, 4.69) is 4.90 Å². The lowest BCUT2D eigenvalue weighted by Gasteiger charge is -2.22. The van der Waals surface area contributed by atoms with Crippen LogP contribution in [0, 0.1) is 6.92 Å². The minimum atomic E-state index is -0.440. The Balaban J connectivity index is 2.00. The van der Waals surface area contributed by atoms with Crippen molar-refractivity contribution in [3.63, 3.8) is 0 Å². The van der Waals surface area contributed by atoms with Gasteiger partial charge in [-0.05, 0) is 55.7 Å². The first-order valence-electron chi connectivity index (χ1n) is 9.05. The zero-order chi connectivity index (χ0) is 19.0. The summed E-state index contributed by atoms with van der Waals surface area (Å²) in [5, 5.41) is 0.479. The number of benzene rings is 2. The molecule has 0 unspecified atom stereocenters. The van der Waals surface area contributed by atoms with Crippen LogP contribution in [-0.2, 0) is 4.74 Å². The summed E-state index contributed by atoms with van der Waals surface area (Å²) in [5.74, 6) is 0.182. The molecule has 0 bridgehead atoms. The number of aryl methyl sites for hydroxylation is 1. The van der Waals surface area contributed by atoms with E-state index < -0.39 is 5.97 Å². The van der Waals surface area contributed by atoms with Crippen molar-refractivity contribution in [2.75, 3.05) is 25.1 Å². The minimum absolute atomic E-state index is 0.135. The molecule has 0 aliphatic carbocycles. The first-order valence-corrected chi connectivity index (χ1v) is 9.05. The largest absolute Gasteiger partial charge is 0.465 e. The molecular weight excluding hydrogens is 342 g/mol. The molecule has 4 rings (SSSR count). The van der Waals surface area contributed by atoms with Gasteiger partial charge in [0.1, 0.15) is 0 Å². The van der Waals surface area contributed by atoms with Gasteiger partial charge in [0, 0.05) is 13.1 Å². The van der Waals surface area contributed by atoms with Crippen LogP contribution in [-0.4, -0.2) is 35.7 Å². The predicted molar refractivity (Wildman–Crippen MR) is 105 cm³/mol. The number of hydrogen-bond donors (Lipinski definition) is 0. The van der Waals surface area contributed by atoms with Gasteiger partial charge in [0.2, 0.25) is 5.95 Å². The highest BCUT2D eigenvalue weighted by Crippen LogP contribution is 2.24. The zero-order valence-electron chi connectivity index (χ0n) is 15.4. The lowest BCUT2D eigenvalue weighted by molar-refractivity contribution is 0.0601. The summed E-state index contributed by atoms with van der Waals surface area (Å²) >= 11 is 0. The van der Waals surface area contributed by atoms with E-state index >= 15 is 0 Å². The average Bonchev–Trinajstić information content (AvgIpc) is 3.21. The molecule has 6 nitrogen and oxygen atoms in total. The van der Waals surface area contributed by atoms with Crippen molar-refractivity contribution in [1.82, 2.24) is 9.55 Å². The Kier molecular flexibility index (Phi) is 4.39. The lowest BCUT2D eigenvalue weighted by atomic mass is 10.1. The number of aromatic nitrogens is 2. The molecule has 27 heavy (non-hydrogen) atoms. The van der Waals surface area contributed by atoms with Crippen molar-refractivity contribution in [2.45, 2.75) is 19.8 Å². The first-order chi connectivity index (χ1) is 13.1. The summed E-state index contributed by atoms with van der Waals surface area (Å²) < 4.78 is 6.47. The van der Waals surface area contributed by atoms with Crippen LogP contribution in [0.5, 0.6) is 0 Å². The fraction of sp³-hybridized carbons (Fsp3) is 0.286. The summed E-state index contributed by atoms with van der Waals surface area (Å²) in [6, 6.07) is 12.7. The molecule has 2 aromatic carbocycles. The van der Waals surface area contributed by atoms with E-state index in [1.54, 1.807) is 22.8 Å². The highest BCUT2D eigenvalue weighted by Gasteiger charge is 2.21. The van der Waals surface area contributed by atoms with Gasteiger partial charge in [-0.1, -0.05) is 12.1 Å². The topological polar surface area (TPSA) is 64.4 Å². The molecule has 1 aromatic heterocycles. The van der Waals surface area contributed by atoms with Gasteiger partial charge in [-0.2, -0.15) is 0 Å². The number of carbonyl (C=O) groups excluding carboxylic acids is 1. The highest BCUT2D eigenvalue weighted by atomic mass is 16.5. The standard InChI is InChI=1S/C21H21N3O3/c1-14-6-5-7-16(12-14)24-19(25)17-9-8-15(20(26)27-2)13-18(17)22-21(24)23-10-3-4-11-23/h5-9,12-13H,3-4,10-11H2,1-2H3. The molecule has 0 amide bonds. The second kappa shape index (κ2) is 6.87. The van der Waals surface area contributed by atoms with E-state index in [1.165, 1.54) is 7.11 Å². The van der Waals surface area contributed by atoms with E-state index in [4.69, 9.17) is 9.72 Å². The molecule has 1 fully saturated rings. The van der Waals surface area contributed by atoms with Gasteiger partial charge in [0.15, 0.2) is 0 Å². The zero-order valence-corrected chi connectivity index (χ0v) is 15.4. The van der Waals surface area contributed by atoms with Crippen molar-refractivity contribution in [3.8, 4) is 5.69 Å². The molecule has 1 aliphatic heterocycles. The summed E-state index contributed by atoms with van der Waals surface area (Å²) in [6.45, 7) is 3.72. The van der Waals surface area contributed by atoms with Crippen LogP contribution in [0.4, 0.5) is 5.95 Å². The lowest BCUT2D eigenvalue weighted by Crippen LogP contribution is -2.30. The molecule has 1 saturated heterocycles. The maximum Gasteiger partial charge on any atom is 0.337 e. The Hall–Kier alpha value is -3.15. The second-order valence-electron chi connectivity index (χ2n) is 6.81. The molecular formula is C21H21N3O3. The second-order valence-corrected chi connectivity index (χ2v) is 6.81. The van der Waals surface area contributed by atoms with Crippen molar-refractivity contribution >= 4 is 22.8 Å². The summed E-state index contributed by atoms with van der Waals surface area (Å²) in [5.41, 5.74) is 2.64. The molecule has 2 heterocycles. The number of anilines is 1. The van der Waals surface area contributed by atoms with Crippen molar-refractivity contribution in [2.24, 2.45) is 0 Å². The Morgan fingerprint density at radius 3 is 2.59 bits per heavy atom. The number of nitrogens with zero attached hydrogens (tertiary/aromatic N) is 3. The predicted octanol–water partition coefficient (Wildman–Crippen LogP) is 3.08. The number of carbonyl (C=O) groups is 1. The van der Waals surface area contributed by atoms with Gasteiger partial charge in [0.25, 0.3) is 5.56 Å². The molecule has 0 radical (unpaired) electrons. The Labute approximate surface area is 157 Å². The molecule has 6 heteroatoms. The van der Waals surface area contributed by atoms with Gasteiger partial charge in [-0.25, -0.2) is 14.3 Å². The normalized spacial score (nSPS) is 13.9. The van der Waals surface area contributed by atoms with E-state index in [-0.39, 0.29) is 5.56 Å². The van der Waals surface area contributed by atoms with Gasteiger partial charge >= 0.3 is 5.97 Å². The molecule has 138 valence electrons. The van der Waals surface area contributed by atoms with Crippen LogP contribution in [0.25, 0.3) is 16.6 Å². The van der Waals surface area contributed by atoms with Crippen LogP contribution in [0.2, 0.25) is 0 Å². The quantitative estimate of drug-likeness (QED) is 0.669. The third-order valence-corrected chi connectivity index (χ3v) is 4.92. The molecule has 0 saturated carbocycles. The van der Waals surface area contributed by atoms with Gasteiger partial charge < -0.3 is 9.64 Å². The van der Waals surface area contributed by atoms with E-state index in [0.29, 0.717) is 22.4 Å². The van der Waals surface area contributed by atoms with Crippen LogP contribution >= 0.6 is 0 Å². The van der Waals surface area contributed by atoms with Gasteiger partial charge in [0.05, 0.1) is 29.3 Å². The Morgan fingerprint density at radius 1 is 1.11 bits per heavy atom. The Bertz CT molecular complexity index is 1080. The van der Waals surface area contributed by atoms with E-state index in [9.17, 15) is 9.59 Å². The molecule has 3 aromatic rings. The fourth-order valence-corrected chi connectivity index (χ4v) is 3.55. The minimum Gasteiger partial charge on any atom is -0.465 e. The van der Waals surface area contributed by atoms with Crippen LogP contribution < -0.4 is 10.5 Å². The number of rotatable bonds is 3. The van der Waals surface area contributed by atoms with Crippen LogP contribution in [0.3, 0.4) is 0 Å². The SMILES string of the molecule is COC(=O)c1ccc2c(=O)n(-c3cccc(C)c3)c(N3CCCC3)nc2c1. The van der Waals surface area contributed by atoms with Crippen molar-refractivity contribution in [1.29, 1.82) is 0 Å². The molecule has 0 N–H and O–H groups in total. The third-order valence-electron chi connectivity index (χ3n) is 4.92. The maximum absolute atomic E-state index is 13.3. The molecule has 0 spiro atoms. The third kappa shape index (κ3) is 3.07. The average molecular weight is 363 g/mol. The highest BCUT2D eigenvalue weighted by molar-refractivity contribution is 5.94. The smallest absolute Gasteiger partial charge is 0.337 e. The van der Waals surface area contributed by atoms with Gasteiger partial charge in [-0.15, -0.1) is 0 Å². The summed E-state index contributed by atoms with van der Waals surface area (Å²) in [6.07, 6.45) is 2.15. The summed E-state index contributed by atoms with van der Waals surface area (Å²) in [7, 11) is 1.34. The molecule has 0 atom stereocenters. The first kappa shape index (κ1) is 17.3. The monoisotopic (exact) mass is 363 g/mol. The number of hydrogen-bond acceptors (Lipinski definition) is 5. The fourth-order valence-electron chi connectivity index (χ4n) is 3.55. The number of methoxy groups -OCH3 is 1. The van der Waals surface area contributed by atoms with E-state index in [1.807, 2.05) is 31.2 Å². The van der Waals surface area contributed by atoms with Crippen LogP contribution in [0.15, 0.2) is 47.3 Å². The van der Waals surface area contributed by atoms with E-state index in [0.717, 1.165) is 37.2 Å². The van der Waals surface area contributed by atoms with Crippen molar-refractivity contribution in [3.05, 3.63) is 63.9 Å². The number of fused-ring (bicyclic) bond motifs is 1. The van der Waals surface area contributed by atoms with Crippen molar-refractivity contribution < 1.29 is 9.53 Å². The van der Waals surface area contributed by atoms with Crippen LogP contribution in [0.1, 0.15) is 28.8 Å². The number of ether oxygens (including phenoxy) is 1. The van der Waals surface area contributed by atoms with Gasteiger partial charge in [-0.3, -0.25) is 4.79 Å². The maximum atomic E-state index is 13.3. The molecule has 1 aliphatic rings.